The third kappa shape index (κ3) is 12.2. The average molecular weight is 679 g/mol. The number of halogens is 7. The molecular formula is C23H25ClF6N6O7S. The second kappa shape index (κ2) is 17.2. The normalized spacial score (nSPS) is 13.4. The van der Waals surface area contributed by atoms with Crippen molar-refractivity contribution in [3.63, 3.8) is 0 Å². The number of hydrogen-bond acceptors (Lipinski definition) is 8. The van der Waals surface area contributed by atoms with E-state index in [1.54, 1.807) is 41.9 Å². The van der Waals surface area contributed by atoms with Gasteiger partial charge in [-0.3, -0.25) is 9.59 Å². The predicted molar refractivity (Wildman–Crippen MR) is 145 cm³/mol. The molecule has 3 heterocycles. The number of nitrogens with zero attached hydrogens (tertiary/aromatic N) is 5. The number of anilines is 2. The molecule has 3 aromatic rings. The number of nitrogens with one attached hydrogen (secondary N) is 1. The summed E-state index contributed by atoms with van der Waals surface area (Å²) in [5.41, 5.74) is 0.949. The summed E-state index contributed by atoms with van der Waals surface area (Å²) in [7, 11) is -3.17. The Morgan fingerprint density at radius 3 is 2.09 bits per heavy atom. The quantitative estimate of drug-likeness (QED) is 0.267. The number of alkyl halides is 6. The first kappa shape index (κ1) is 37.9. The lowest BCUT2D eigenvalue weighted by Gasteiger charge is -2.34. The van der Waals surface area contributed by atoms with Crippen molar-refractivity contribution >= 4 is 57.3 Å². The molecule has 1 aliphatic heterocycles. The number of fused-ring (bicyclic) bond motifs is 1. The number of aromatic nitrogens is 3. The maximum atomic E-state index is 12.4. The van der Waals surface area contributed by atoms with Crippen LogP contribution in [0.5, 0.6) is 0 Å². The van der Waals surface area contributed by atoms with E-state index < -0.39 is 28.8 Å². The first-order chi connectivity index (χ1) is 20.5. The molecule has 1 fully saturated rings. The average Bonchev–Trinajstić information content (AvgIpc) is 3.34. The van der Waals surface area contributed by atoms with Crippen LogP contribution < -0.4 is 10.2 Å². The molecule has 0 bridgehead atoms. The SMILES string of the molecule is CCS(=O)(=O)N1CCN(c2ccc3nc(NC(=O)c4ccccc4Cl)cn3n2)CC1.FC(F)F.O=C(O)C(F)(F)F.O=CO. The molecule has 3 N–H and O–H groups in total. The standard InChI is InChI=1S/C19H21ClN6O3S.C2HF3O2.CHF3.CH2O2/c1-2-30(28,29)25-11-9-24(10-12-25)18-8-7-17-21-16(13-26(17)23-18)22-19(27)14-5-3-4-6-15(14)20;3-2(4,5)1(6)7;2-1(3)4;2-1-3/h3-8,13H,2,9-12H2,1H3,(H,22,27);(H,6,7);1H;1H,(H,2,3). The molecule has 21 heteroatoms. The fraction of sp³-hybridized carbons (Fsp3) is 0.348. The smallest absolute Gasteiger partial charge is 0.483 e. The lowest BCUT2D eigenvalue weighted by molar-refractivity contribution is -0.192. The Morgan fingerprint density at radius 2 is 1.61 bits per heavy atom. The molecule has 13 nitrogen and oxygen atoms in total. The third-order valence-electron chi connectivity index (χ3n) is 5.23. The highest BCUT2D eigenvalue weighted by molar-refractivity contribution is 7.89. The van der Waals surface area contributed by atoms with E-state index in [0.717, 1.165) is 5.82 Å². The van der Waals surface area contributed by atoms with E-state index in [9.17, 15) is 39.6 Å². The second-order valence-electron chi connectivity index (χ2n) is 8.00. The number of piperazine rings is 1. The van der Waals surface area contributed by atoms with E-state index in [4.69, 9.17) is 31.4 Å². The monoisotopic (exact) mass is 678 g/mol. The Bertz CT molecular complexity index is 1500. The number of carboxylic acids is 1. The number of imidazole rings is 1. The van der Waals surface area contributed by atoms with Crippen LogP contribution in [0.25, 0.3) is 5.65 Å². The van der Waals surface area contributed by atoms with Crippen molar-refractivity contribution in [2.24, 2.45) is 0 Å². The second-order valence-corrected chi connectivity index (χ2v) is 10.7. The van der Waals surface area contributed by atoms with Crippen molar-refractivity contribution in [2.45, 2.75) is 19.8 Å². The fourth-order valence-electron chi connectivity index (χ4n) is 3.31. The summed E-state index contributed by atoms with van der Waals surface area (Å²) >= 11 is 6.07. The van der Waals surface area contributed by atoms with Crippen LogP contribution in [0.1, 0.15) is 17.3 Å². The van der Waals surface area contributed by atoms with Crippen LogP contribution in [0.3, 0.4) is 0 Å². The van der Waals surface area contributed by atoms with Gasteiger partial charge in [-0.1, -0.05) is 23.7 Å². The lowest BCUT2D eigenvalue weighted by Crippen LogP contribution is -2.49. The minimum absolute atomic E-state index is 0.106. The number of hydrogen-bond donors (Lipinski definition) is 3. The van der Waals surface area contributed by atoms with Crippen LogP contribution in [0, 0.1) is 0 Å². The molecular weight excluding hydrogens is 654 g/mol. The van der Waals surface area contributed by atoms with Gasteiger partial charge in [-0.25, -0.2) is 22.7 Å². The maximum Gasteiger partial charge on any atom is 0.490 e. The largest absolute Gasteiger partial charge is 0.490 e. The number of carbonyl (C=O) groups excluding carboxylic acids is 1. The van der Waals surface area contributed by atoms with Crippen molar-refractivity contribution < 1.29 is 59.4 Å². The number of sulfonamides is 1. The molecule has 0 radical (unpaired) electrons. The van der Waals surface area contributed by atoms with Gasteiger partial charge in [0.05, 0.1) is 22.5 Å². The van der Waals surface area contributed by atoms with E-state index in [1.165, 1.54) is 4.31 Å². The number of carboxylic acid groups (broad SMARTS) is 2. The Morgan fingerprint density at radius 1 is 1.09 bits per heavy atom. The molecule has 0 aliphatic carbocycles. The van der Waals surface area contributed by atoms with Crippen LogP contribution >= 0.6 is 11.6 Å². The van der Waals surface area contributed by atoms with Crippen molar-refractivity contribution in [1.82, 2.24) is 18.9 Å². The van der Waals surface area contributed by atoms with Crippen LogP contribution in [0.2, 0.25) is 5.02 Å². The number of rotatable bonds is 5. The molecule has 4 rings (SSSR count). The van der Waals surface area contributed by atoms with Crippen molar-refractivity contribution in [1.29, 1.82) is 0 Å². The number of amides is 1. The van der Waals surface area contributed by atoms with Gasteiger partial charge >= 0.3 is 18.8 Å². The Kier molecular flexibility index (Phi) is 14.8. The molecule has 0 unspecified atom stereocenters. The van der Waals surface area contributed by atoms with Gasteiger partial charge in [-0.05, 0) is 31.2 Å². The van der Waals surface area contributed by atoms with E-state index in [1.807, 2.05) is 17.0 Å². The van der Waals surface area contributed by atoms with E-state index in [0.29, 0.717) is 48.2 Å². The zero-order valence-electron chi connectivity index (χ0n) is 22.5. The highest BCUT2D eigenvalue weighted by Gasteiger charge is 2.38. The van der Waals surface area contributed by atoms with Gasteiger partial charge in [0, 0.05) is 26.2 Å². The summed E-state index contributed by atoms with van der Waals surface area (Å²) in [5, 5.41) is 21.7. The molecule has 1 amide bonds. The Labute approximate surface area is 250 Å². The zero-order valence-corrected chi connectivity index (χ0v) is 24.0. The van der Waals surface area contributed by atoms with E-state index >= 15 is 0 Å². The van der Waals surface area contributed by atoms with E-state index in [2.05, 4.69) is 15.4 Å². The highest BCUT2D eigenvalue weighted by atomic mass is 35.5. The van der Waals surface area contributed by atoms with Gasteiger partial charge in [-0.2, -0.15) is 30.6 Å². The number of aliphatic carboxylic acids is 1. The molecule has 2 aromatic heterocycles. The number of benzene rings is 1. The van der Waals surface area contributed by atoms with Crippen LogP contribution in [0.15, 0.2) is 42.6 Å². The number of carbonyl (C=O) groups is 3. The molecule has 0 spiro atoms. The minimum atomic E-state index is -5.08. The highest BCUT2D eigenvalue weighted by Crippen LogP contribution is 2.20. The summed E-state index contributed by atoms with van der Waals surface area (Å²) in [4.78, 5) is 36.1. The Hall–Kier alpha value is -4.17. The summed E-state index contributed by atoms with van der Waals surface area (Å²) < 4.78 is 87.9. The van der Waals surface area contributed by atoms with Gasteiger partial charge < -0.3 is 20.4 Å². The first-order valence-corrected chi connectivity index (χ1v) is 13.9. The Balaban J connectivity index is 0.000000581. The van der Waals surface area contributed by atoms with Gasteiger partial charge in [0.15, 0.2) is 11.5 Å². The van der Waals surface area contributed by atoms with Gasteiger partial charge in [0.2, 0.25) is 10.0 Å². The minimum Gasteiger partial charge on any atom is -0.483 e. The molecule has 44 heavy (non-hydrogen) atoms. The third-order valence-corrected chi connectivity index (χ3v) is 7.44. The van der Waals surface area contributed by atoms with E-state index in [-0.39, 0.29) is 18.1 Å². The zero-order chi connectivity index (χ0) is 33.7. The predicted octanol–water partition coefficient (Wildman–Crippen LogP) is 3.62. The van der Waals surface area contributed by atoms with Gasteiger partial charge in [0.25, 0.3) is 12.4 Å². The van der Waals surface area contributed by atoms with Crippen molar-refractivity contribution in [3.05, 3.63) is 53.2 Å². The molecule has 0 atom stereocenters. The summed E-state index contributed by atoms with van der Waals surface area (Å²) in [6, 6.07) is 10.4. The molecule has 1 aliphatic rings. The summed E-state index contributed by atoms with van der Waals surface area (Å²) in [6.07, 6.45) is -3.45. The fourth-order valence-corrected chi connectivity index (χ4v) is 4.61. The van der Waals surface area contributed by atoms with Crippen LogP contribution in [0.4, 0.5) is 38.0 Å². The summed E-state index contributed by atoms with van der Waals surface area (Å²) in [6.45, 7) is -0.290. The van der Waals surface area contributed by atoms with Gasteiger partial charge in [0.1, 0.15) is 5.82 Å². The molecule has 1 saturated heterocycles. The lowest BCUT2D eigenvalue weighted by atomic mass is 10.2. The summed E-state index contributed by atoms with van der Waals surface area (Å²) in [5.74, 6) is -1.92. The first-order valence-electron chi connectivity index (χ1n) is 11.9. The molecule has 1 aromatic carbocycles. The maximum absolute atomic E-state index is 12.4. The van der Waals surface area contributed by atoms with Crippen molar-refractivity contribution in [2.75, 3.05) is 42.1 Å². The topological polar surface area (TPSA) is 175 Å². The molecule has 0 saturated carbocycles. The van der Waals surface area contributed by atoms with Crippen molar-refractivity contribution in [3.8, 4) is 0 Å². The molecule has 244 valence electrons. The van der Waals surface area contributed by atoms with Crippen LogP contribution in [-0.2, 0) is 19.6 Å². The van der Waals surface area contributed by atoms with Crippen LogP contribution in [-0.4, -0.2) is 101 Å². The van der Waals surface area contributed by atoms with Gasteiger partial charge in [-0.15, -0.1) is 5.10 Å².